The van der Waals surface area contributed by atoms with Gasteiger partial charge in [0.2, 0.25) is 0 Å². The maximum Gasteiger partial charge on any atom is 0.0606 e. The Morgan fingerprint density at radius 1 is 1.00 bits per heavy atom. The average Bonchev–Trinajstić information content (AvgIpc) is 2.09. The van der Waals surface area contributed by atoms with E-state index < -0.39 is 0 Å². The van der Waals surface area contributed by atoms with E-state index in [1.165, 1.54) is 0 Å². The van der Waals surface area contributed by atoms with E-state index in [-0.39, 0.29) is 0 Å². The van der Waals surface area contributed by atoms with Crippen molar-refractivity contribution in [3.63, 3.8) is 0 Å². The van der Waals surface area contributed by atoms with Crippen LogP contribution < -0.4 is 0 Å². The topological polar surface area (TPSA) is 9.23 Å². The summed E-state index contributed by atoms with van der Waals surface area (Å²) in [5.74, 6) is 0.616. The molecule has 1 heteroatoms. The van der Waals surface area contributed by atoms with Gasteiger partial charge in [0.15, 0.2) is 0 Å². The lowest BCUT2D eigenvalue weighted by atomic mass is 9.85. The molecule has 0 saturated heterocycles. The van der Waals surface area contributed by atoms with Crippen molar-refractivity contribution in [2.75, 3.05) is 0 Å². The zero-order valence-corrected chi connectivity index (χ0v) is 11.8. The fourth-order valence-electron chi connectivity index (χ4n) is 1.77. The van der Waals surface area contributed by atoms with Crippen LogP contribution in [0.15, 0.2) is 0 Å². The first-order chi connectivity index (χ1) is 6.80. The monoisotopic (exact) mass is 214 g/mol. The quantitative estimate of drug-likeness (QED) is 0.625. The van der Waals surface area contributed by atoms with E-state index in [1.807, 2.05) is 0 Å². The van der Waals surface area contributed by atoms with Crippen molar-refractivity contribution in [3.05, 3.63) is 0 Å². The van der Waals surface area contributed by atoms with Gasteiger partial charge in [0.25, 0.3) is 0 Å². The average molecular weight is 214 g/mol. The van der Waals surface area contributed by atoms with Crippen molar-refractivity contribution in [1.82, 2.24) is 0 Å². The Hall–Kier alpha value is -0.0400. The Kier molecular flexibility index (Phi) is 6.51. The highest BCUT2D eigenvalue weighted by Gasteiger charge is 2.23. The standard InChI is InChI=1S/C14H30O/c1-8-12(9-2)15-13(11(3)4)10-14(5,6)7/h11-13H,8-10H2,1-7H3. The Morgan fingerprint density at radius 2 is 1.47 bits per heavy atom. The summed E-state index contributed by atoms with van der Waals surface area (Å²) in [6.07, 6.45) is 4.27. The maximum absolute atomic E-state index is 6.19. The third-order valence-electron chi connectivity index (χ3n) is 2.84. The lowest BCUT2D eigenvalue weighted by Crippen LogP contribution is -2.30. The van der Waals surface area contributed by atoms with Crippen LogP contribution in [0.2, 0.25) is 0 Å². The first kappa shape index (κ1) is 15.0. The lowest BCUT2D eigenvalue weighted by molar-refractivity contribution is -0.0562. The maximum atomic E-state index is 6.19. The van der Waals surface area contributed by atoms with E-state index in [0.29, 0.717) is 23.5 Å². The minimum Gasteiger partial charge on any atom is -0.375 e. The Bertz CT molecular complexity index is 151. The Balaban J connectivity index is 4.27. The minimum absolute atomic E-state index is 0.362. The van der Waals surface area contributed by atoms with Crippen LogP contribution in [0.1, 0.15) is 67.7 Å². The number of rotatable bonds is 6. The molecule has 15 heavy (non-hydrogen) atoms. The minimum atomic E-state index is 0.362. The first-order valence-electron chi connectivity index (χ1n) is 6.45. The number of hydrogen-bond acceptors (Lipinski definition) is 1. The molecule has 0 saturated carbocycles. The normalized spacial score (nSPS) is 15.0. The van der Waals surface area contributed by atoms with Gasteiger partial charge in [-0.25, -0.2) is 0 Å². The van der Waals surface area contributed by atoms with Crippen LogP contribution in [0.4, 0.5) is 0 Å². The van der Waals surface area contributed by atoms with Gasteiger partial charge in [-0.2, -0.15) is 0 Å². The van der Waals surface area contributed by atoms with Gasteiger partial charge in [0.1, 0.15) is 0 Å². The van der Waals surface area contributed by atoms with E-state index in [9.17, 15) is 0 Å². The van der Waals surface area contributed by atoms with Crippen LogP contribution in [-0.4, -0.2) is 12.2 Å². The molecule has 0 amide bonds. The van der Waals surface area contributed by atoms with Gasteiger partial charge in [-0.15, -0.1) is 0 Å². The van der Waals surface area contributed by atoms with E-state index in [4.69, 9.17) is 4.74 Å². The van der Waals surface area contributed by atoms with Crippen molar-refractivity contribution in [2.24, 2.45) is 11.3 Å². The summed E-state index contributed by atoms with van der Waals surface area (Å²) < 4.78 is 6.19. The molecule has 1 atom stereocenters. The van der Waals surface area contributed by atoms with Gasteiger partial charge in [-0.1, -0.05) is 48.5 Å². The van der Waals surface area contributed by atoms with E-state index in [0.717, 1.165) is 19.3 Å². The smallest absolute Gasteiger partial charge is 0.0606 e. The van der Waals surface area contributed by atoms with Crippen LogP contribution >= 0.6 is 0 Å². The molecule has 0 aliphatic rings. The Morgan fingerprint density at radius 3 is 1.73 bits per heavy atom. The summed E-state index contributed by atoms with van der Waals surface area (Å²) >= 11 is 0. The summed E-state index contributed by atoms with van der Waals surface area (Å²) in [6, 6.07) is 0. The van der Waals surface area contributed by atoms with E-state index in [1.54, 1.807) is 0 Å². The highest BCUT2D eigenvalue weighted by molar-refractivity contribution is 4.73. The van der Waals surface area contributed by atoms with Crippen LogP contribution in [-0.2, 0) is 4.74 Å². The van der Waals surface area contributed by atoms with E-state index in [2.05, 4.69) is 48.5 Å². The van der Waals surface area contributed by atoms with Crippen LogP contribution in [0.5, 0.6) is 0 Å². The molecular weight excluding hydrogens is 184 g/mol. The highest BCUT2D eigenvalue weighted by Crippen LogP contribution is 2.27. The molecule has 0 heterocycles. The zero-order chi connectivity index (χ0) is 12.1. The molecule has 0 radical (unpaired) electrons. The summed E-state index contributed by atoms with van der Waals surface area (Å²) in [7, 11) is 0. The molecule has 1 nitrogen and oxygen atoms in total. The predicted octanol–water partition coefficient (Wildman–Crippen LogP) is 4.65. The largest absolute Gasteiger partial charge is 0.375 e. The zero-order valence-electron chi connectivity index (χ0n) is 11.8. The SMILES string of the molecule is CCC(CC)OC(CC(C)(C)C)C(C)C. The summed E-state index contributed by atoms with van der Waals surface area (Å²) in [6.45, 7) is 15.8. The van der Waals surface area contributed by atoms with Crippen molar-refractivity contribution in [2.45, 2.75) is 79.9 Å². The Labute approximate surface area is 96.6 Å². The predicted molar refractivity (Wildman–Crippen MR) is 68.2 cm³/mol. The molecule has 0 aromatic carbocycles. The molecule has 0 aliphatic heterocycles. The molecule has 92 valence electrons. The van der Waals surface area contributed by atoms with Crippen LogP contribution in [0.25, 0.3) is 0 Å². The van der Waals surface area contributed by atoms with Gasteiger partial charge in [-0.05, 0) is 30.6 Å². The molecule has 0 spiro atoms. The van der Waals surface area contributed by atoms with Gasteiger partial charge in [-0.3, -0.25) is 0 Å². The van der Waals surface area contributed by atoms with Gasteiger partial charge in [0, 0.05) is 0 Å². The second-order valence-electron chi connectivity index (χ2n) is 6.12. The second kappa shape index (κ2) is 6.52. The molecule has 0 fully saturated rings. The third-order valence-corrected chi connectivity index (χ3v) is 2.84. The number of ether oxygens (including phenoxy) is 1. The summed E-state index contributed by atoms with van der Waals surface area (Å²) in [5, 5.41) is 0. The van der Waals surface area contributed by atoms with Crippen molar-refractivity contribution in [1.29, 1.82) is 0 Å². The molecule has 0 aliphatic carbocycles. The van der Waals surface area contributed by atoms with Crippen LogP contribution in [0.3, 0.4) is 0 Å². The molecular formula is C14H30O. The number of hydrogen-bond donors (Lipinski definition) is 0. The molecule has 0 aromatic rings. The van der Waals surface area contributed by atoms with E-state index >= 15 is 0 Å². The fourth-order valence-corrected chi connectivity index (χ4v) is 1.77. The summed E-state index contributed by atoms with van der Waals surface area (Å²) in [4.78, 5) is 0. The molecule has 0 bridgehead atoms. The molecule has 1 unspecified atom stereocenters. The fraction of sp³-hybridized carbons (Fsp3) is 1.00. The van der Waals surface area contributed by atoms with Crippen molar-refractivity contribution >= 4 is 0 Å². The molecule has 0 rings (SSSR count). The van der Waals surface area contributed by atoms with Crippen LogP contribution in [0, 0.1) is 11.3 Å². The van der Waals surface area contributed by atoms with Gasteiger partial charge < -0.3 is 4.74 Å². The molecule has 0 N–H and O–H groups in total. The molecule has 0 aromatic heterocycles. The lowest BCUT2D eigenvalue weighted by Gasteiger charge is -2.31. The summed E-state index contributed by atoms with van der Waals surface area (Å²) in [5.41, 5.74) is 0.362. The third kappa shape index (κ3) is 6.94. The van der Waals surface area contributed by atoms with Gasteiger partial charge >= 0.3 is 0 Å². The first-order valence-corrected chi connectivity index (χ1v) is 6.45. The van der Waals surface area contributed by atoms with Crippen molar-refractivity contribution < 1.29 is 4.74 Å². The van der Waals surface area contributed by atoms with Gasteiger partial charge in [0.05, 0.1) is 12.2 Å². The second-order valence-corrected chi connectivity index (χ2v) is 6.12. The van der Waals surface area contributed by atoms with Crippen molar-refractivity contribution in [3.8, 4) is 0 Å². The highest BCUT2D eigenvalue weighted by atomic mass is 16.5.